The maximum absolute atomic E-state index is 9.06. The van der Waals surface area contributed by atoms with Crippen LogP contribution in [-0.2, 0) is 10.8 Å². The zero-order valence-corrected chi connectivity index (χ0v) is 16.3. The molecule has 0 aliphatic heterocycles. The van der Waals surface area contributed by atoms with Crippen LogP contribution in [-0.4, -0.2) is 6.61 Å². The summed E-state index contributed by atoms with van der Waals surface area (Å²) in [5.74, 6) is 1.39. The highest BCUT2D eigenvalue weighted by Crippen LogP contribution is 2.48. The predicted octanol–water partition coefficient (Wildman–Crippen LogP) is 6.00. The first-order valence-electron chi connectivity index (χ1n) is 8.97. The van der Waals surface area contributed by atoms with E-state index in [-0.39, 0.29) is 10.8 Å². The topological polar surface area (TPSA) is 33.0 Å². The quantitative estimate of drug-likeness (QED) is 0.636. The minimum Gasteiger partial charge on any atom is -0.493 e. The summed E-state index contributed by atoms with van der Waals surface area (Å²) in [6.07, 6.45) is 3.98. The van der Waals surface area contributed by atoms with Crippen molar-refractivity contribution < 1.29 is 4.74 Å². The average Bonchev–Trinajstić information content (AvgIpc) is 2.49. The third kappa shape index (κ3) is 3.66. The first-order chi connectivity index (χ1) is 11.1. The molecule has 0 fully saturated rings. The van der Waals surface area contributed by atoms with Gasteiger partial charge >= 0.3 is 0 Å². The van der Waals surface area contributed by atoms with E-state index >= 15 is 0 Å². The standard InChI is InChI=1S/C22H31NO/c1-15(2)14-24-20-13-19-18(12-17(20)16(3)8-11-23)21(4,5)9-10-22(19,6)7/h8,12-13,15H,9-10,14H2,1-7H3/b16-8-. The average molecular weight is 325 g/mol. The maximum atomic E-state index is 9.06. The lowest BCUT2D eigenvalue weighted by Crippen LogP contribution is -2.34. The molecular weight excluding hydrogens is 294 g/mol. The molecule has 1 aromatic carbocycles. The molecule has 2 heteroatoms. The van der Waals surface area contributed by atoms with Crippen molar-refractivity contribution in [3.05, 3.63) is 34.9 Å². The second-order valence-electron chi connectivity index (χ2n) is 8.82. The molecule has 2 rings (SSSR count). The van der Waals surface area contributed by atoms with Gasteiger partial charge in [-0.25, -0.2) is 0 Å². The molecule has 0 spiro atoms. The molecule has 0 saturated carbocycles. The van der Waals surface area contributed by atoms with E-state index in [2.05, 4.69) is 59.7 Å². The molecular formula is C22H31NO. The number of benzene rings is 1. The minimum atomic E-state index is 0.156. The lowest BCUT2D eigenvalue weighted by atomic mass is 9.62. The second-order valence-corrected chi connectivity index (χ2v) is 8.82. The Hall–Kier alpha value is -1.75. The predicted molar refractivity (Wildman–Crippen MR) is 101 cm³/mol. The highest BCUT2D eigenvalue weighted by atomic mass is 16.5. The zero-order chi connectivity index (χ0) is 18.1. The summed E-state index contributed by atoms with van der Waals surface area (Å²) in [6, 6.07) is 6.67. The van der Waals surface area contributed by atoms with Gasteiger partial charge in [0.05, 0.1) is 12.7 Å². The smallest absolute Gasteiger partial charge is 0.127 e. The fourth-order valence-corrected chi connectivity index (χ4v) is 3.45. The molecule has 0 heterocycles. The van der Waals surface area contributed by atoms with Crippen molar-refractivity contribution >= 4 is 5.57 Å². The Labute approximate surface area is 147 Å². The molecule has 0 unspecified atom stereocenters. The number of hydrogen-bond acceptors (Lipinski definition) is 2. The van der Waals surface area contributed by atoms with Gasteiger partial charge in [-0.2, -0.15) is 5.26 Å². The summed E-state index contributed by atoms with van der Waals surface area (Å²) in [4.78, 5) is 0. The summed E-state index contributed by atoms with van der Waals surface area (Å²) in [6.45, 7) is 16.3. The molecule has 24 heavy (non-hydrogen) atoms. The van der Waals surface area contributed by atoms with E-state index < -0.39 is 0 Å². The van der Waals surface area contributed by atoms with E-state index in [4.69, 9.17) is 10.00 Å². The molecule has 1 aliphatic rings. The molecule has 0 atom stereocenters. The molecule has 1 aliphatic carbocycles. The van der Waals surface area contributed by atoms with Gasteiger partial charge in [0.25, 0.3) is 0 Å². The van der Waals surface area contributed by atoms with E-state index in [1.54, 1.807) is 6.08 Å². The van der Waals surface area contributed by atoms with E-state index in [1.165, 1.54) is 24.0 Å². The Bertz CT molecular complexity index is 687. The van der Waals surface area contributed by atoms with E-state index in [1.807, 2.05) is 6.92 Å². The maximum Gasteiger partial charge on any atom is 0.127 e. The van der Waals surface area contributed by atoms with Gasteiger partial charge in [0, 0.05) is 11.6 Å². The van der Waals surface area contributed by atoms with Crippen molar-refractivity contribution in [1.82, 2.24) is 0 Å². The number of allylic oxidation sites excluding steroid dienone is 2. The lowest BCUT2D eigenvalue weighted by molar-refractivity contribution is 0.267. The number of rotatable bonds is 4. The van der Waals surface area contributed by atoms with Crippen LogP contribution in [0.25, 0.3) is 5.57 Å². The van der Waals surface area contributed by atoms with Gasteiger partial charge in [-0.05, 0) is 65.3 Å². The van der Waals surface area contributed by atoms with Crippen LogP contribution in [0.1, 0.15) is 78.0 Å². The Morgan fingerprint density at radius 2 is 1.71 bits per heavy atom. The van der Waals surface area contributed by atoms with Crippen molar-refractivity contribution in [2.24, 2.45) is 5.92 Å². The number of hydrogen-bond donors (Lipinski definition) is 0. The number of ether oxygens (including phenoxy) is 1. The molecule has 0 N–H and O–H groups in total. The number of nitriles is 1. The molecule has 2 nitrogen and oxygen atoms in total. The summed E-state index contributed by atoms with van der Waals surface area (Å²) in [5.41, 5.74) is 5.14. The fourth-order valence-electron chi connectivity index (χ4n) is 3.45. The van der Waals surface area contributed by atoms with Gasteiger partial charge in [0.15, 0.2) is 0 Å². The molecule has 1 aromatic rings. The summed E-state index contributed by atoms with van der Waals surface area (Å²) in [7, 11) is 0. The van der Waals surface area contributed by atoms with Gasteiger partial charge in [-0.1, -0.05) is 41.5 Å². The second kappa shape index (κ2) is 6.63. The van der Waals surface area contributed by atoms with E-state index in [0.29, 0.717) is 12.5 Å². The van der Waals surface area contributed by atoms with Gasteiger partial charge in [0.2, 0.25) is 0 Å². The van der Waals surface area contributed by atoms with E-state index in [9.17, 15) is 0 Å². The van der Waals surface area contributed by atoms with Crippen LogP contribution in [0.15, 0.2) is 18.2 Å². The van der Waals surface area contributed by atoms with Gasteiger partial charge in [-0.15, -0.1) is 0 Å². The van der Waals surface area contributed by atoms with Crippen LogP contribution >= 0.6 is 0 Å². The monoisotopic (exact) mass is 325 g/mol. The SMILES string of the molecule is C/C(=C/C#N)c1cc2c(cc1OCC(C)C)C(C)(C)CCC2(C)C. The highest BCUT2D eigenvalue weighted by molar-refractivity contribution is 5.73. The van der Waals surface area contributed by atoms with Crippen LogP contribution in [0.3, 0.4) is 0 Å². The Kier molecular flexibility index (Phi) is 5.14. The van der Waals surface area contributed by atoms with Crippen molar-refractivity contribution in [2.45, 2.75) is 72.1 Å². The fraction of sp³-hybridized carbons (Fsp3) is 0.591. The van der Waals surface area contributed by atoms with Crippen molar-refractivity contribution in [1.29, 1.82) is 5.26 Å². The Morgan fingerprint density at radius 3 is 2.21 bits per heavy atom. The summed E-state index contributed by atoms with van der Waals surface area (Å²) >= 11 is 0. The molecule has 0 amide bonds. The Balaban J connectivity index is 2.66. The van der Waals surface area contributed by atoms with Crippen LogP contribution in [0.4, 0.5) is 0 Å². The number of fused-ring (bicyclic) bond motifs is 1. The number of nitrogens with zero attached hydrogens (tertiary/aromatic N) is 1. The molecule has 0 radical (unpaired) electrons. The zero-order valence-electron chi connectivity index (χ0n) is 16.3. The van der Waals surface area contributed by atoms with Crippen LogP contribution in [0.2, 0.25) is 0 Å². The third-order valence-corrected chi connectivity index (χ3v) is 5.23. The van der Waals surface area contributed by atoms with Crippen LogP contribution in [0, 0.1) is 17.2 Å². The Morgan fingerprint density at radius 1 is 1.17 bits per heavy atom. The summed E-state index contributed by atoms with van der Waals surface area (Å²) in [5, 5.41) is 9.06. The van der Waals surface area contributed by atoms with Gasteiger partial charge < -0.3 is 4.74 Å². The molecule has 0 bridgehead atoms. The van der Waals surface area contributed by atoms with Crippen molar-refractivity contribution in [3.8, 4) is 11.8 Å². The molecule has 0 saturated heterocycles. The van der Waals surface area contributed by atoms with Crippen LogP contribution in [0.5, 0.6) is 5.75 Å². The third-order valence-electron chi connectivity index (χ3n) is 5.23. The van der Waals surface area contributed by atoms with Crippen molar-refractivity contribution in [3.63, 3.8) is 0 Å². The van der Waals surface area contributed by atoms with Crippen molar-refractivity contribution in [2.75, 3.05) is 6.61 Å². The van der Waals surface area contributed by atoms with Crippen LogP contribution < -0.4 is 4.74 Å². The summed E-state index contributed by atoms with van der Waals surface area (Å²) < 4.78 is 6.14. The largest absolute Gasteiger partial charge is 0.493 e. The first kappa shape index (κ1) is 18.6. The lowest BCUT2D eigenvalue weighted by Gasteiger charge is -2.42. The first-order valence-corrected chi connectivity index (χ1v) is 8.97. The molecule has 130 valence electrons. The normalized spacial score (nSPS) is 18.9. The highest BCUT2D eigenvalue weighted by Gasteiger charge is 2.38. The minimum absolute atomic E-state index is 0.156. The van der Waals surface area contributed by atoms with Gasteiger partial charge in [-0.3, -0.25) is 0 Å². The van der Waals surface area contributed by atoms with Gasteiger partial charge in [0.1, 0.15) is 5.75 Å². The molecule has 0 aromatic heterocycles. The van der Waals surface area contributed by atoms with E-state index in [0.717, 1.165) is 16.9 Å².